The van der Waals surface area contributed by atoms with Crippen LogP contribution in [0.1, 0.15) is 24.2 Å². The molecule has 4 aromatic rings. The Morgan fingerprint density at radius 2 is 1.93 bits per heavy atom. The molecule has 1 aromatic carbocycles. The van der Waals surface area contributed by atoms with E-state index in [0.717, 1.165) is 53.8 Å². The minimum absolute atomic E-state index is 0.0125. The van der Waals surface area contributed by atoms with Crippen molar-refractivity contribution >= 4 is 34.0 Å². The Kier molecular flexibility index (Phi) is 6.27. The number of piperidine rings is 1. The van der Waals surface area contributed by atoms with E-state index in [4.69, 9.17) is 4.98 Å². The van der Waals surface area contributed by atoms with Gasteiger partial charge in [-0.25, -0.2) is 14.4 Å². The highest BCUT2D eigenvalue weighted by Crippen LogP contribution is 2.30. The summed E-state index contributed by atoms with van der Waals surface area (Å²) in [5.74, 6) is 0.335. The van der Waals surface area contributed by atoms with Gasteiger partial charge in [0.05, 0.1) is 11.9 Å². The van der Waals surface area contributed by atoms with Gasteiger partial charge in [0.25, 0.3) is 0 Å². The fourth-order valence-electron chi connectivity index (χ4n) is 5.48. The second-order valence-corrected chi connectivity index (χ2v) is 10.6. The Hall–Kier alpha value is -4.90. The highest BCUT2D eigenvalue weighted by atomic mass is 19.1. The molecule has 0 bridgehead atoms. The van der Waals surface area contributed by atoms with Crippen LogP contribution in [0.5, 0.6) is 0 Å². The molecule has 0 radical (unpaired) electrons. The van der Waals surface area contributed by atoms with Gasteiger partial charge in [0.1, 0.15) is 23.2 Å². The second kappa shape index (κ2) is 10.3. The molecule has 1 amide bonds. The topological polar surface area (TPSA) is 123 Å². The summed E-state index contributed by atoms with van der Waals surface area (Å²) in [5.41, 5.74) is 10.1. The molecule has 206 valence electrons. The van der Waals surface area contributed by atoms with E-state index in [0.29, 0.717) is 28.4 Å². The van der Waals surface area contributed by atoms with Crippen LogP contribution in [0.25, 0.3) is 27.9 Å². The lowest BCUT2D eigenvalue weighted by atomic mass is 9.96. The molecule has 3 aliphatic rings. The van der Waals surface area contributed by atoms with Gasteiger partial charge in [-0.05, 0) is 74.5 Å². The van der Waals surface area contributed by atoms with Crippen LogP contribution in [-0.4, -0.2) is 62.8 Å². The van der Waals surface area contributed by atoms with Crippen molar-refractivity contribution in [3.8, 4) is 11.1 Å². The van der Waals surface area contributed by atoms with Crippen molar-refractivity contribution in [2.75, 3.05) is 25.5 Å². The van der Waals surface area contributed by atoms with Gasteiger partial charge in [-0.2, -0.15) is 5.10 Å². The fourth-order valence-corrected chi connectivity index (χ4v) is 5.48. The van der Waals surface area contributed by atoms with Crippen LogP contribution in [0, 0.1) is 11.7 Å². The average molecular weight is 550 g/mol. The molecule has 7 rings (SSSR count). The van der Waals surface area contributed by atoms with E-state index in [9.17, 15) is 9.18 Å². The Bertz CT molecular complexity index is 1730. The zero-order valence-corrected chi connectivity index (χ0v) is 22.4. The molecular weight excluding hydrogens is 521 g/mol. The summed E-state index contributed by atoms with van der Waals surface area (Å²) in [6.07, 6.45) is 10.6. The molecule has 0 aliphatic carbocycles. The minimum Gasteiger partial charge on any atom is -0.366 e. The van der Waals surface area contributed by atoms with Crippen LogP contribution in [0.4, 0.5) is 10.1 Å². The number of amides is 1. The number of carbonyl (C=O) groups excluding carboxylic acids is 1. The molecule has 4 N–H and O–H groups in total. The van der Waals surface area contributed by atoms with Gasteiger partial charge < -0.3 is 20.5 Å². The van der Waals surface area contributed by atoms with Gasteiger partial charge in [0.15, 0.2) is 11.5 Å². The number of rotatable bonds is 5. The van der Waals surface area contributed by atoms with Crippen LogP contribution in [0.2, 0.25) is 0 Å². The zero-order valence-electron chi connectivity index (χ0n) is 22.4. The van der Waals surface area contributed by atoms with Crippen molar-refractivity contribution < 1.29 is 9.18 Å². The van der Waals surface area contributed by atoms with Gasteiger partial charge in [0.2, 0.25) is 5.91 Å². The first kappa shape index (κ1) is 25.1. The summed E-state index contributed by atoms with van der Waals surface area (Å²) >= 11 is 0. The molecule has 0 spiro atoms. The van der Waals surface area contributed by atoms with Gasteiger partial charge in [-0.3, -0.25) is 15.2 Å². The maximum atomic E-state index is 13.5. The first-order valence-corrected chi connectivity index (χ1v) is 13.6. The van der Waals surface area contributed by atoms with E-state index in [1.54, 1.807) is 30.7 Å². The molecular formula is C30H28FN9O. The largest absolute Gasteiger partial charge is 0.366 e. The third-order valence-electron chi connectivity index (χ3n) is 7.80. The lowest BCUT2D eigenvalue weighted by Gasteiger charge is -2.28. The van der Waals surface area contributed by atoms with E-state index >= 15 is 0 Å². The van der Waals surface area contributed by atoms with E-state index in [1.165, 1.54) is 12.1 Å². The molecule has 3 aliphatic heterocycles. The van der Waals surface area contributed by atoms with Crippen molar-refractivity contribution in [3.05, 3.63) is 90.0 Å². The van der Waals surface area contributed by atoms with Crippen LogP contribution in [0.3, 0.4) is 0 Å². The number of halogens is 1. The first-order chi connectivity index (χ1) is 20.0. The maximum absolute atomic E-state index is 13.5. The first-order valence-electron chi connectivity index (χ1n) is 13.6. The number of likely N-dealkylation sites (tertiary alicyclic amines) is 1. The van der Waals surface area contributed by atoms with E-state index in [-0.39, 0.29) is 23.8 Å². The van der Waals surface area contributed by atoms with Crippen molar-refractivity contribution in [2.24, 2.45) is 11.0 Å². The van der Waals surface area contributed by atoms with Crippen molar-refractivity contribution in [1.29, 1.82) is 0 Å². The molecule has 11 heteroatoms. The van der Waals surface area contributed by atoms with Crippen LogP contribution < -0.4 is 16.1 Å². The number of H-pyrrole nitrogens is 1. The number of aromatic nitrogens is 4. The van der Waals surface area contributed by atoms with Crippen LogP contribution in [0.15, 0.2) is 77.9 Å². The molecule has 41 heavy (non-hydrogen) atoms. The second-order valence-electron chi connectivity index (χ2n) is 10.6. The van der Waals surface area contributed by atoms with Gasteiger partial charge in [-0.1, -0.05) is 12.1 Å². The van der Waals surface area contributed by atoms with E-state index < -0.39 is 0 Å². The number of hydrogen-bond acceptors (Lipinski definition) is 8. The fraction of sp³-hybridized carbons (Fsp3) is 0.233. The van der Waals surface area contributed by atoms with Gasteiger partial charge in [0, 0.05) is 41.2 Å². The number of nitrogens with one attached hydrogen (secondary N) is 4. The summed E-state index contributed by atoms with van der Waals surface area (Å²) in [5, 5.41) is 11.0. The van der Waals surface area contributed by atoms with Crippen molar-refractivity contribution in [3.63, 3.8) is 0 Å². The number of dihydropyridines is 1. The average Bonchev–Trinajstić information content (AvgIpc) is 3.62. The quantitative estimate of drug-likeness (QED) is 0.300. The molecule has 0 saturated carbocycles. The number of pyridine rings is 2. The lowest BCUT2D eigenvalue weighted by molar-refractivity contribution is -0.121. The zero-order chi connectivity index (χ0) is 27.9. The lowest BCUT2D eigenvalue weighted by Crippen LogP contribution is -2.37. The highest BCUT2D eigenvalue weighted by molar-refractivity contribution is 6.15. The summed E-state index contributed by atoms with van der Waals surface area (Å²) in [6, 6.07) is 10.1. The van der Waals surface area contributed by atoms with Crippen LogP contribution in [-0.2, 0) is 4.79 Å². The van der Waals surface area contributed by atoms with Gasteiger partial charge >= 0.3 is 0 Å². The monoisotopic (exact) mass is 549 g/mol. The van der Waals surface area contributed by atoms with Crippen molar-refractivity contribution in [1.82, 2.24) is 35.6 Å². The summed E-state index contributed by atoms with van der Waals surface area (Å²) < 4.78 is 13.5. The third-order valence-corrected chi connectivity index (χ3v) is 7.80. The number of anilines is 1. The highest BCUT2D eigenvalue weighted by Gasteiger charge is 2.31. The number of imidazole rings is 1. The Balaban J connectivity index is 1.14. The standard InChI is InChI=1S/C30H28FN9O/c1-40-10-7-18(8-11-40)30(41)35-22-12-19(14-32-16-22)20-13-24-26(38-39-27(24)34-15-20)29-36-25-23(6-9-33-28(25)37-29)17-2-4-21(31)5-3-17/h2-6,9,12-16,18,27,34,39H,7-8,10-11H2,1H3,(H,35,41)(H,33,36,37). The number of nitrogens with zero attached hydrogens (tertiary/aromatic N) is 5. The molecule has 3 aromatic heterocycles. The summed E-state index contributed by atoms with van der Waals surface area (Å²) in [6.45, 7) is 1.85. The third kappa shape index (κ3) is 4.84. The van der Waals surface area contributed by atoms with E-state index in [2.05, 4.69) is 48.1 Å². The summed E-state index contributed by atoms with van der Waals surface area (Å²) in [7, 11) is 2.08. The minimum atomic E-state index is -0.292. The van der Waals surface area contributed by atoms with E-state index in [1.807, 2.05) is 24.4 Å². The smallest absolute Gasteiger partial charge is 0.227 e. The SMILES string of the molecule is CN1CCC(C(=O)Nc2cncc(C3=CNC4NN=C(c5nc6c(-c7ccc(F)cc7)ccnc6[nH]5)C4=C3)c2)CC1. The number of aromatic amines is 1. The Labute approximate surface area is 235 Å². The Morgan fingerprint density at radius 3 is 2.76 bits per heavy atom. The number of hydrazone groups is 1. The van der Waals surface area contributed by atoms with Gasteiger partial charge in [-0.15, -0.1) is 0 Å². The number of allylic oxidation sites excluding steroid dienone is 2. The molecule has 1 saturated heterocycles. The molecule has 1 unspecified atom stereocenters. The maximum Gasteiger partial charge on any atom is 0.227 e. The predicted octanol–water partition coefficient (Wildman–Crippen LogP) is 3.64. The molecule has 1 fully saturated rings. The summed E-state index contributed by atoms with van der Waals surface area (Å²) in [4.78, 5) is 32.1. The van der Waals surface area contributed by atoms with Crippen LogP contribution >= 0.6 is 0 Å². The number of hydrogen-bond donors (Lipinski definition) is 4. The van der Waals surface area contributed by atoms with Crippen molar-refractivity contribution in [2.45, 2.75) is 19.0 Å². The molecule has 1 atom stereocenters. The number of fused-ring (bicyclic) bond motifs is 2. The molecule has 6 heterocycles. The number of carbonyl (C=O) groups is 1. The Morgan fingerprint density at radius 1 is 1.10 bits per heavy atom. The predicted molar refractivity (Wildman–Crippen MR) is 155 cm³/mol. The normalized spacial score (nSPS) is 19.1. The molecule has 10 nitrogen and oxygen atoms in total. The number of benzene rings is 1.